The van der Waals surface area contributed by atoms with Crippen molar-refractivity contribution in [2.75, 3.05) is 6.61 Å². The fourth-order valence-corrected chi connectivity index (χ4v) is 1.09. The third kappa shape index (κ3) is 4.15. The zero-order valence-electron chi connectivity index (χ0n) is 10.3. The van der Waals surface area contributed by atoms with Gasteiger partial charge in [0, 0.05) is 0 Å². The average Bonchev–Trinajstić information content (AvgIpc) is 3.01. The van der Waals surface area contributed by atoms with Crippen LogP contribution in [0.1, 0.15) is 18.8 Å². The number of esters is 1. The van der Waals surface area contributed by atoms with Gasteiger partial charge in [-0.05, 0) is 12.1 Å². The summed E-state index contributed by atoms with van der Waals surface area (Å²) in [5.74, 6) is -0.369. The number of carbonyl (C=O) groups is 1. The molecule has 0 amide bonds. The van der Waals surface area contributed by atoms with Gasteiger partial charge in [-0.25, -0.2) is 9.78 Å². The summed E-state index contributed by atoms with van der Waals surface area (Å²) >= 11 is 0. The first-order valence-corrected chi connectivity index (χ1v) is 4.97. The van der Waals surface area contributed by atoms with Gasteiger partial charge < -0.3 is 4.74 Å². The molecule has 0 aliphatic rings. The second kappa shape index (κ2) is 7.66. The molecule has 2 aromatic rings. The fourth-order valence-electron chi connectivity index (χ4n) is 1.09. The molecule has 2 rings (SSSR count). The Morgan fingerprint density at radius 2 is 2.42 bits per heavy atom. The Morgan fingerprint density at radius 1 is 1.58 bits per heavy atom. The second-order valence-electron chi connectivity index (χ2n) is 2.95. The number of nitrogens with one attached hydrogen (secondary N) is 2. The van der Waals surface area contributed by atoms with E-state index in [2.05, 4.69) is 46.0 Å². The van der Waals surface area contributed by atoms with E-state index in [1.54, 1.807) is 6.92 Å². The third-order valence-electron chi connectivity index (χ3n) is 1.80. The van der Waals surface area contributed by atoms with E-state index in [4.69, 9.17) is 4.74 Å². The van der Waals surface area contributed by atoms with Gasteiger partial charge in [0.15, 0.2) is 5.82 Å². The van der Waals surface area contributed by atoms with Gasteiger partial charge in [0.2, 0.25) is 6.04 Å². The number of aromatic amines is 2. The molecule has 19 heavy (non-hydrogen) atoms. The minimum atomic E-state index is -1.04. The number of aromatic nitrogens is 7. The second-order valence-corrected chi connectivity index (χ2v) is 2.95. The summed E-state index contributed by atoms with van der Waals surface area (Å²) in [4.78, 5) is 15.5. The van der Waals surface area contributed by atoms with Crippen molar-refractivity contribution >= 4 is 11.9 Å². The van der Waals surface area contributed by atoms with Gasteiger partial charge in [0.05, 0.1) is 6.61 Å². The van der Waals surface area contributed by atoms with E-state index < -0.39 is 12.0 Å². The Balaban J connectivity index is 0.00000180. The SMILES string of the molecule is CCOC(=O)C(N=Nc1nn[nH]n1)c1ncn[nH]1.[Na+]. The van der Waals surface area contributed by atoms with Gasteiger partial charge in [0.25, 0.3) is 0 Å². The number of hydrogen-bond acceptors (Lipinski definition) is 9. The molecule has 2 heterocycles. The van der Waals surface area contributed by atoms with Crippen LogP contribution in [0.25, 0.3) is 0 Å². The van der Waals surface area contributed by atoms with Gasteiger partial charge in [-0.2, -0.15) is 15.4 Å². The molecule has 1 unspecified atom stereocenters. The van der Waals surface area contributed by atoms with Crippen LogP contribution in [0.5, 0.6) is 0 Å². The van der Waals surface area contributed by atoms with Gasteiger partial charge >= 0.3 is 41.5 Å². The molecule has 0 bridgehead atoms. The predicted octanol–water partition coefficient (Wildman–Crippen LogP) is -3.29. The molecule has 1 atom stereocenters. The van der Waals surface area contributed by atoms with Crippen molar-refractivity contribution < 1.29 is 39.1 Å². The van der Waals surface area contributed by atoms with Crippen molar-refractivity contribution in [1.82, 2.24) is 35.8 Å². The van der Waals surface area contributed by atoms with Crippen LogP contribution in [0.3, 0.4) is 0 Å². The van der Waals surface area contributed by atoms with Crippen LogP contribution in [-0.2, 0) is 9.53 Å². The Kier molecular flexibility index (Phi) is 6.18. The molecule has 0 spiro atoms. The van der Waals surface area contributed by atoms with E-state index in [-0.39, 0.29) is 47.9 Å². The monoisotopic (exact) mass is 274 g/mol. The molecule has 2 N–H and O–H groups in total. The molecule has 11 nitrogen and oxygen atoms in total. The molecule has 0 saturated carbocycles. The van der Waals surface area contributed by atoms with Crippen molar-refractivity contribution in [3.8, 4) is 0 Å². The topological polar surface area (TPSA) is 147 Å². The van der Waals surface area contributed by atoms with E-state index in [0.29, 0.717) is 0 Å². The minimum Gasteiger partial charge on any atom is -0.464 e. The van der Waals surface area contributed by atoms with Gasteiger partial charge in [0.1, 0.15) is 6.33 Å². The molecule has 0 aliphatic carbocycles. The number of nitrogens with zero attached hydrogens (tertiary/aromatic N) is 7. The molecular formula is C7H9N9NaO2+. The van der Waals surface area contributed by atoms with Crippen molar-refractivity contribution in [3.63, 3.8) is 0 Å². The van der Waals surface area contributed by atoms with Crippen LogP contribution in [-0.4, -0.2) is 48.4 Å². The van der Waals surface area contributed by atoms with Gasteiger partial charge in [-0.1, -0.05) is 5.10 Å². The Morgan fingerprint density at radius 3 is 3.00 bits per heavy atom. The maximum absolute atomic E-state index is 11.7. The van der Waals surface area contributed by atoms with Crippen LogP contribution in [0.2, 0.25) is 0 Å². The van der Waals surface area contributed by atoms with Gasteiger partial charge in [-0.15, -0.1) is 10.2 Å². The normalized spacial score (nSPS) is 12.1. The molecule has 0 saturated heterocycles. The zero-order valence-corrected chi connectivity index (χ0v) is 12.3. The van der Waals surface area contributed by atoms with Gasteiger partial charge in [-0.3, -0.25) is 5.10 Å². The van der Waals surface area contributed by atoms with Crippen LogP contribution >= 0.6 is 0 Å². The number of ether oxygens (including phenoxy) is 1. The fraction of sp³-hybridized carbons (Fsp3) is 0.429. The van der Waals surface area contributed by atoms with Crippen LogP contribution in [0.4, 0.5) is 5.95 Å². The molecule has 0 radical (unpaired) electrons. The number of rotatable bonds is 5. The van der Waals surface area contributed by atoms with E-state index in [1.165, 1.54) is 6.33 Å². The predicted molar refractivity (Wildman–Crippen MR) is 54.5 cm³/mol. The average molecular weight is 274 g/mol. The molecular weight excluding hydrogens is 265 g/mol. The first kappa shape index (κ1) is 15.3. The number of carbonyl (C=O) groups excluding carboxylic acids is 1. The number of hydrogen-bond donors (Lipinski definition) is 2. The largest absolute Gasteiger partial charge is 1.00 e. The first-order chi connectivity index (χ1) is 8.81. The smallest absolute Gasteiger partial charge is 0.464 e. The van der Waals surface area contributed by atoms with Crippen LogP contribution in [0, 0.1) is 0 Å². The molecule has 94 valence electrons. The summed E-state index contributed by atoms with van der Waals surface area (Å²) in [6.07, 6.45) is 1.26. The zero-order chi connectivity index (χ0) is 12.8. The van der Waals surface area contributed by atoms with Crippen molar-refractivity contribution in [2.24, 2.45) is 10.2 Å². The van der Waals surface area contributed by atoms with E-state index >= 15 is 0 Å². The molecule has 2 aromatic heterocycles. The van der Waals surface area contributed by atoms with Crippen LogP contribution < -0.4 is 29.6 Å². The number of tetrazole rings is 1. The standard InChI is InChI=1S/C7H9N9O2.Na/c1-2-18-6(17)4(5-8-3-9-11-5)10-12-7-13-15-16-14-7;/h3-4H,2H2,1H3,(H,8,9,11)(H,13,14,15,16);/q;+1. The first-order valence-electron chi connectivity index (χ1n) is 4.97. The molecule has 0 aliphatic heterocycles. The van der Waals surface area contributed by atoms with E-state index in [0.717, 1.165) is 0 Å². The van der Waals surface area contributed by atoms with E-state index in [9.17, 15) is 4.79 Å². The summed E-state index contributed by atoms with van der Waals surface area (Å²) in [7, 11) is 0. The van der Waals surface area contributed by atoms with E-state index in [1.807, 2.05) is 0 Å². The summed E-state index contributed by atoms with van der Waals surface area (Å²) in [5, 5.41) is 26.2. The quantitative estimate of drug-likeness (QED) is 0.330. The van der Waals surface area contributed by atoms with Crippen molar-refractivity contribution in [1.29, 1.82) is 0 Å². The molecule has 0 aromatic carbocycles. The van der Waals surface area contributed by atoms with Crippen molar-refractivity contribution in [3.05, 3.63) is 12.2 Å². The summed E-state index contributed by atoms with van der Waals surface area (Å²) in [6, 6.07) is -1.04. The number of azo groups is 1. The summed E-state index contributed by atoms with van der Waals surface area (Å²) in [5.41, 5.74) is 0. The Labute approximate surface area is 128 Å². The summed E-state index contributed by atoms with van der Waals surface area (Å²) < 4.78 is 4.85. The Hall–Kier alpha value is -1.72. The minimum absolute atomic E-state index is 0. The Bertz CT molecular complexity index is 511. The van der Waals surface area contributed by atoms with Crippen LogP contribution in [0.15, 0.2) is 16.6 Å². The third-order valence-corrected chi connectivity index (χ3v) is 1.80. The molecule has 0 fully saturated rings. The number of H-pyrrole nitrogens is 2. The maximum atomic E-state index is 11.7. The van der Waals surface area contributed by atoms with Crippen molar-refractivity contribution in [2.45, 2.75) is 13.0 Å². The maximum Gasteiger partial charge on any atom is 1.00 e. The molecule has 12 heteroatoms. The summed E-state index contributed by atoms with van der Waals surface area (Å²) in [6.45, 7) is 1.91.